The minimum atomic E-state index is -0.820. The van der Waals surface area contributed by atoms with Crippen LogP contribution in [0.1, 0.15) is 4.88 Å². The summed E-state index contributed by atoms with van der Waals surface area (Å²) in [6, 6.07) is 14.5. The van der Waals surface area contributed by atoms with Crippen molar-refractivity contribution < 1.29 is 9.90 Å². The molecule has 0 saturated carbocycles. The number of fused-ring (bicyclic) bond motifs is 2. The molecule has 0 bridgehead atoms. The monoisotopic (exact) mass is 308 g/mol. The van der Waals surface area contributed by atoms with E-state index in [0.29, 0.717) is 0 Å². The number of rotatable bonds is 3. The van der Waals surface area contributed by atoms with Gasteiger partial charge in [0.2, 0.25) is 0 Å². The van der Waals surface area contributed by atoms with Crippen molar-refractivity contribution in [2.24, 2.45) is 0 Å². The maximum absolute atomic E-state index is 10.8. The summed E-state index contributed by atoms with van der Waals surface area (Å²) in [5.41, 5.74) is 1.97. The van der Waals surface area contributed by atoms with Crippen molar-refractivity contribution in [3.63, 3.8) is 0 Å². The zero-order chi connectivity index (χ0) is 15.1. The molecule has 4 nitrogen and oxygen atoms in total. The third-order valence-corrected chi connectivity index (χ3v) is 4.57. The predicted octanol–water partition coefficient (Wildman–Crippen LogP) is 3.84. The van der Waals surface area contributed by atoms with Gasteiger partial charge >= 0.3 is 5.97 Å². The Morgan fingerprint density at radius 1 is 1.14 bits per heavy atom. The molecule has 0 aliphatic rings. The molecule has 0 saturated heterocycles. The lowest BCUT2D eigenvalue weighted by atomic mass is 10.1. The lowest BCUT2D eigenvalue weighted by Gasteiger charge is -2.00. The number of carbonyl (C=O) groups is 1. The molecule has 108 valence electrons. The molecule has 2 aromatic heterocycles. The van der Waals surface area contributed by atoms with Gasteiger partial charge in [0.15, 0.2) is 4.96 Å². The van der Waals surface area contributed by atoms with E-state index in [9.17, 15) is 4.79 Å². The quantitative estimate of drug-likeness (QED) is 0.625. The maximum atomic E-state index is 10.8. The number of hydrogen-bond donors (Lipinski definition) is 1. The first-order valence-electron chi connectivity index (χ1n) is 6.87. The van der Waals surface area contributed by atoms with E-state index < -0.39 is 5.97 Å². The molecule has 0 fully saturated rings. The Labute approximate surface area is 130 Å². The van der Waals surface area contributed by atoms with Gasteiger partial charge in [-0.2, -0.15) is 0 Å². The average molecular weight is 308 g/mol. The van der Waals surface area contributed by atoms with Gasteiger partial charge in [0.25, 0.3) is 0 Å². The molecular formula is C17H12N2O2S. The summed E-state index contributed by atoms with van der Waals surface area (Å²) in [5.74, 6) is -0.820. The fourth-order valence-corrected chi connectivity index (χ4v) is 3.51. The Kier molecular flexibility index (Phi) is 2.94. The smallest absolute Gasteiger partial charge is 0.308 e. The number of aromatic nitrogens is 2. The molecule has 0 unspecified atom stereocenters. The van der Waals surface area contributed by atoms with E-state index in [1.807, 2.05) is 28.9 Å². The van der Waals surface area contributed by atoms with Crippen LogP contribution in [-0.4, -0.2) is 20.5 Å². The largest absolute Gasteiger partial charge is 0.481 e. The van der Waals surface area contributed by atoms with E-state index >= 15 is 0 Å². The van der Waals surface area contributed by atoms with Crippen LogP contribution in [0.3, 0.4) is 0 Å². The van der Waals surface area contributed by atoms with Crippen molar-refractivity contribution in [1.82, 2.24) is 9.38 Å². The van der Waals surface area contributed by atoms with Gasteiger partial charge in [-0.25, -0.2) is 4.98 Å². The fourth-order valence-electron chi connectivity index (χ4n) is 2.56. The van der Waals surface area contributed by atoms with Crippen LogP contribution in [0.2, 0.25) is 0 Å². The van der Waals surface area contributed by atoms with E-state index in [2.05, 4.69) is 35.3 Å². The summed E-state index contributed by atoms with van der Waals surface area (Å²) >= 11 is 1.42. The van der Waals surface area contributed by atoms with E-state index in [4.69, 9.17) is 5.11 Å². The van der Waals surface area contributed by atoms with E-state index in [1.54, 1.807) is 0 Å². The number of carboxylic acid groups (broad SMARTS) is 1. The lowest BCUT2D eigenvalue weighted by molar-refractivity contribution is -0.136. The average Bonchev–Trinajstić information content (AvgIpc) is 3.04. The van der Waals surface area contributed by atoms with Gasteiger partial charge in [-0.15, -0.1) is 11.3 Å². The Hall–Kier alpha value is -2.66. The molecular weight excluding hydrogens is 296 g/mol. The first-order chi connectivity index (χ1) is 10.7. The number of imidazole rings is 1. The molecule has 0 spiro atoms. The second-order valence-electron chi connectivity index (χ2n) is 5.15. The SMILES string of the molecule is O=C(O)Cc1cn2cc(-c3ccc4ccccc4c3)nc2s1. The van der Waals surface area contributed by atoms with E-state index in [1.165, 1.54) is 22.1 Å². The topological polar surface area (TPSA) is 54.6 Å². The van der Waals surface area contributed by atoms with Crippen molar-refractivity contribution in [2.75, 3.05) is 0 Å². The van der Waals surface area contributed by atoms with Crippen LogP contribution in [0, 0.1) is 0 Å². The summed E-state index contributed by atoms with van der Waals surface area (Å²) in [4.78, 5) is 17.0. The molecule has 0 amide bonds. The molecule has 22 heavy (non-hydrogen) atoms. The van der Waals surface area contributed by atoms with Crippen molar-refractivity contribution in [1.29, 1.82) is 0 Å². The molecule has 1 N–H and O–H groups in total. The van der Waals surface area contributed by atoms with Crippen molar-refractivity contribution >= 4 is 33.0 Å². The zero-order valence-corrected chi connectivity index (χ0v) is 12.4. The number of hydrogen-bond acceptors (Lipinski definition) is 3. The molecule has 5 heteroatoms. The molecule has 0 aliphatic carbocycles. The molecule has 4 aromatic rings. The summed E-state index contributed by atoms with van der Waals surface area (Å²) < 4.78 is 1.90. The second kappa shape index (κ2) is 4.96. The standard InChI is InChI=1S/C17H12N2O2S/c20-16(21)8-14-9-19-10-15(18-17(19)22-14)13-6-5-11-3-1-2-4-12(11)7-13/h1-7,9-10H,8H2,(H,20,21). The van der Waals surface area contributed by atoms with Gasteiger partial charge < -0.3 is 5.11 Å². The number of benzene rings is 2. The normalized spacial score (nSPS) is 11.3. The minimum absolute atomic E-state index is 0.0410. The number of carboxylic acids is 1. The summed E-state index contributed by atoms with van der Waals surface area (Å²) in [7, 11) is 0. The number of aliphatic carboxylic acids is 1. The van der Waals surface area contributed by atoms with Crippen molar-refractivity contribution in [2.45, 2.75) is 6.42 Å². The zero-order valence-electron chi connectivity index (χ0n) is 11.6. The maximum Gasteiger partial charge on any atom is 0.308 e. The van der Waals surface area contributed by atoms with Gasteiger partial charge in [0.05, 0.1) is 12.1 Å². The predicted molar refractivity (Wildman–Crippen MR) is 87.4 cm³/mol. The third kappa shape index (κ3) is 2.25. The fraction of sp³-hybridized carbons (Fsp3) is 0.0588. The molecule has 2 heterocycles. The minimum Gasteiger partial charge on any atom is -0.481 e. The highest BCUT2D eigenvalue weighted by molar-refractivity contribution is 7.17. The molecule has 0 radical (unpaired) electrons. The van der Waals surface area contributed by atoms with Crippen LogP contribution < -0.4 is 0 Å². The summed E-state index contributed by atoms with van der Waals surface area (Å²) in [6.45, 7) is 0. The van der Waals surface area contributed by atoms with Crippen LogP contribution >= 0.6 is 11.3 Å². The molecule has 4 rings (SSSR count). The second-order valence-corrected chi connectivity index (χ2v) is 6.24. The molecule has 2 aromatic carbocycles. The number of thiazole rings is 1. The van der Waals surface area contributed by atoms with Crippen molar-refractivity contribution in [3.05, 3.63) is 59.7 Å². The van der Waals surface area contributed by atoms with Gasteiger partial charge in [0.1, 0.15) is 0 Å². The Morgan fingerprint density at radius 3 is 2.73 bits per heavy atom. The van der Waals surface area contributed by atoms with Gasteiger partial charge in [-0.05, 0) is 16.8 Å². The first-order valence-corrected chi connectivity index (χ1v) is 7.69. The molecule has 0 aliphatic heterocycles. The van der Waals surface area contributed by atoms with Gasteiger partial charge in [0, 0.05) is 22.8 Å². The van der Waals surface area contributed by atoms with Crippen LogP contribution in [0.5, 0.6) is 0 Å². The molecule has 0 atom stereocenters. The Balaban J connectivity index is 1.75. The lowest BCUT2D eigenvalue weighted by Crippen LogP contribution is -1.97. The van der Waals surface area contributed by atoms with Crippen molar-refractivity contribution in [3.8, 4) is 11.3 Å². The Bertz CT molecular complexity index is 969. The van der Waals surface area contributed by atoms with Crippen LogP contribution in [0.15, 0.2) is 54.9 Å². The van der Waals surface area contributed by atoms with E-state index in [0.717, 1.165) is 21.1 Å². The van der Waals surface area contributed by atoms with Gasteiger partial charge in [-0.3, -0.25) is 9.20 Å². The highest BCUT2D eigenvalue weighted by Gasteiger charge is 2.10. The number of nitrogens with zero attached hydrogens (tertiary/aromatic N) is 2. The highest BCUT2D eigenvalue weighted by atomic mass is 32.1. The highest BCUT2D eigenvalue weighted by Crippen LogP contribution is 2.26. The van der Waals surface area contributed by atoms with Crippen LogP contribution in [-0.2, 0) is 11.2 Å². The summed E-state index contributed by atoms with van der Waals surface area (Å²) in [6.07, 6.45) is 3.83. The Morgan fingerprint density at radius 2 is 1.95 bits per heavy atom. The van der Waals surface area contributed by atoms with E-state index in [-0.39, 0.29) is 6.42 Å². The summed E-state index contributed by atoms with van der Waals surface area (Å²) in [5, 5.41) is 11.2. The van der Waals surface area contributed by atoms with Crippen LogP contribution in [0.25, 0.3) is 27.0 Å². The van der Waals surface area contributed by atoms with Crippen LogP contribution in [0.4, 0.5) is 0 Å². The van der Waals surface area contributed by atoms with Gasteiger partial charge in [-0.1, -0.05) is 36.4 Å². The first kappa shape index (κ1) is 13.0. The third-order valence-electron chi connectivity index (χ3n) is 3.57.